The first kappa shape index (κ1) is 22.3. The van der Waals surface area contributed by atoms with Gasteiger partial charge >= 0.3 is 0 Å². The number of nitrogens with zero attached hydrogens (tertiary/aromatic N) is 2. The van der Waals surface area contributed by atoms with E-state index in [2.05, 4.69) is 48.0 Å². The van der Waals surface area contributed by atoms with Gasteiger partial charge in [-0.25, -0.2) is 0 Å². The average molecular weight is 498 g/mol. The van der Waals surface area contributed by atoms with E-state index < -0.39 is 0 Å². The lowest BCUT2D eigenvalue weighted by atomic mass is 9.74. The second kappa shape index (κ2) is 7.45. The molecule has 39 heavy (non-hydrogen) atoms. The fraction of sp³-hybridized carbons (Fsp3) is 0.0323. The first-order valence-electron chi connectivity index (χ1n) is 12.5. The molecule has 0 fully saturated rings. The van der Waals surface area contributed by atoms with Gasteiger partial charge in [-0.2, -0.15) is 0 Å². The highest BCUT2D eigenvalue weighted by Crippen LogP contribution is 2.41. The van der Waals surface area contributed by atoms with Crippen LogP contribution in [0.5, 0.6) is 11.5 Å². The number of fused-ring (bicyclic) bond motifs is 9. The van der Waals surface area contributed by atoms with Crippen LogP contribution < -0.4 is 16.4 Å². The first-order valence-corrected chi connectivity index (χ1v) is 12.5. The summed E-state index contributed by atoms with van der Waals surface area (Å²) in [5, 5.41) is 27.9. The van der Waals surface area contributed by atoms with Crippen molar-refractivity contribution >= 4 is 105 Å². The van der Waals surface area contributed by atoms with E-state index in [-0.39, 0.29) is 33.6 Å². The van der Waals surface area contributed by atoms with Crippen molar-refractivity contribution in [2.24, 2.45) is 7.05 Å². The zero-order chi connectivity index (χ0) is 26.7. The summed E-state index contributed by atoms with van der Waals surface area (Å²) in [7, 11) is 20.3. The van der Waals surface area contributed by atoms with Crippen LogP contribution in [-0.4, -0.2) is 42.9 Å². The lowest BCUT2D eigenvalue weighted by molar-refractivity contribution is 0.469. The van der Waals surface area contributed by atoms with Gasteiger partial charge in [0.15, 0.2) is 0 Å². The Balaban J connectivity index is 1.53. The maximum Gasteiger partial charge on any atom is 0.137 e. The number of aromatic hydroxyl groups is 2. The largest absolute Gasteiger partial charge is 0.509 e. The van der Waals surface area contributed by atoms with E-state index in [4.69, 9.17) is 28.0 Å². The Morgan fingerprint density at radius 3 is 1.79 bits per heavy atom. The third kappa shape index (κ3) is 2.73. The number of aryl methyl sites for hydroxylation is 1. The SMILES string of the molecule is [B]c1c([B])c(O)c(-n2c3ccccc3c3cc4c(cc32)oc2cc3c(cc24)c2ccccc2n3C)c([B])c1O. The van der Waals surface area contributed by atoms with Crippen molar-refractivity contribution in [1.29, 1.82) is 0 Å². The number of phenolic OH excluding ortho intramolecular Hbond substituents is 2. The van der Waals surface area contributed by atoms with Crippen LogP contribution in [0.4, 0.5) is 0 Å². The predicted octanol–water partition coefficient (Wildman–Crippen LogP) is 4.12. The van der Waals surface area contributed by atoms with E-state index in [0.717, 1.165) is 49.1 Å². The molecule has 8 aromatic rings. The molecule has 8 heteroatoms. The lowest BCUT2D eigenvalue weighted by Crippen LogP contribution is -2.33. The maximum atomic E-state index is 11.1. The lowest BCUT2D eigenvalue weighted by Gasteiger charge is -2.19. The molecule has 0 unspecified atom stereocenters. The van der Waals surface area contributed by atoms with E-state index in [1.165, 1.54) is 10.9 Å². The third-order valence-electron chi connectivity index (χ3n) is 8.06. The summed E-state index contributed by atoms with van der Waals surface area (Å²) in [5.74, 6) is -0.664. The minimum atomic E-state index is -0.366. The van der Waals surface area contributed by atoms with Crippen molar-refractivity contribution in [1.82, 2.24) is 9.13 Å². The number of hydrogen-bond acceptors (Lipinski definition) is 3. The minimum absolute atomic E-state index is 0.0651. The van der Waals surface area contributed by atoms with Crippen molar-refractivity contribution in [3.05, 3.63) is 72.8 Å². The molecule has 0 saturated heterocycles. The second-order valence-electron chi connectivity index (χ2n) is 10.0. The molecule has 8 rings (SSSR count). The Morgan fingerprint density at radius 1 is 0.564 bits per heavy atom. The molecule has 0 aliphatic rings. The van der Waals surface area contributed by atoms with Gasteiger partial charge in [-0.3, -0.25) is 0 Å². The highest BCUT2D eigenvalue weighted by molar-refractivity contribution is 6.54. The number of para-hydroxylation sites is 2. The molecule has 0 amide bonds. The number of benzene rings is 5. The molecule has 5 aromatic carbocycles. The van der Waals surface area contributed by atoms with Crippen molar-refractivity contribution in [2.45, 2.75) is 0 Å². The molecule has 5 nitrogen and oxygen atoms in total. The van der Waals surface area contributed by atoms with Gasteiger partial charge in [-0.05, 0) is 29.7 Å². The maximum absolute atomic E-state index is 11.1. The fourth-order valence-electron chi connectivity index (χ4n) is 6.12. The van der Waals surface area contributed by atoms with Gasteiger partial charge < -0.3 is 23.8 Å². The normalized spacial score (nSPS) is 12.2. The molecule has 3 aromatic heterocycles. The highest BCUT2D eigenvalue weighted by atomic mass is 16.3. The van der Waals surface area contributed by atoms with E-state index in [1.54, 1.807) is 4.57 Å². The van der Waals surface area contributed by atoms with Crippen LogP contribution in [0.15, 0.2) is 77.2 Å². The molecule has 6 radical (unpaired) electrons. The number of hydrogen-bond donors (Lipinski definition) is 2. The summed E-state index contributed by atoms with van der Waals surface area (Å²) in [4.78, 5) is 0. The topological polar surface area (TPSA) is 63.5 Å². The van der Waals surface area contributed by atoms with Crippen LogP contribution in [0.25, 0.3) is 71.2 Å². The molecule has 178 valence electrons. The van der Waals surface area contributed by atoms with Gasteiger partial charge in [0.05, 0.1) is 22.2 Å². The number of rotatable bonds is 1. The summed E-state index contributed by atoms with van der Waals surface area (Å²) in [5.41, 5.74) is 5.05. The summed E-state index contributed by atoms with van der Waals surface area (Å²) in [6.07, 6.45) is 0. The van der Waals surface area contributed by atoms with Crippen molar-refractivity contribution in [3.63, 3.8) is 0 Å². The molecular weight excluding hydrogens is 481 g/mol. The van der Waals surface area contributed by atoms with Crippen LogP contribution in [0, 0.1) is 0 Å². The van der Waals surface area contributed by atoms with Crippen LogP contribution in [0.3, 0.4) is 0 Å². The number of phenols is 2. The van der Waals surface area contributed by atoms with Crippen molar-refractivity contribution in [3.8, 4) is 17.2 Å². The Hall–Kier alpha value is -4.71. The minimum Gasteiger partial charge on any atom is -0.509 e. The van der Waals surface area contributed by atoms with Gasteiger partial charge in [0.2, 0.25) is 0 Å². The molecular formula is C31H17B3N2O3. The molecule has 0 aliphatic heterocycles. The molecule has 0 aliphatic carbocycles. The summed E-state index contributed by atoms with van der Waals surface area (Å²) in [6.45, 7) is 0. The standard InChI is InChI=1S/C31H17B3N2O3/c1-35-20-8-4-2-6-14(20)16-10-18-19-11-17-15-7-3-5-9-21(15)36(23(17)13-25(19)39-24(18)12-22(16)35)29-28(34)30(37)26(32)27(33)31(29)38/h2-13,37-38H,1H3. The van der Waals surface area contributed by atoms with Crippen molar-refractivity contribution in [2.75, 3.05) is 0 Å². The Bertz CT molecular complexity index is 2330. The molecule has 3 heterocycles. The Kier molecular flexibility index (Phi) is 4.26. The Labute approximate surface area is 226 Å². The zero-order valence-corrected chi connectivity index (χ0v) is 20.9. The quantitative estimate of drug-likeness (QED) is 0.265. The monoisotopic (exact) mass is 498 g/mol. The highest BCUT2D eigenvalue weighted by Gasteiger charge is 2.23. The summed E-state index contributed by atoms with van der Waals surface area (Å²) in [6, 6.07) is 24.5. The van der Waals surface area contributed by atoms with E-state index in [0.29, 0.717) is 5.58 Å². The van der Waals surface area contributed by atoms with Gasteiger partial charge in [0, 0.05) is 57.0 Å². The van der Waals surface area contributed by atoms with Gasteiger partial charge in [0.1, 0.15) is 46.2 Å². The van der Waals surface area contributed by atoms with E-state index in [9.17, 15) is 10.2 Å². The van der Waals surface area contributed by atoms with Crippen molar-refractivity contribution < 1.29 is 14.6 Å². The number of aromatic nitrogens is 2. The molecule has 0 atom stereocenters. The molecule has 2 N–H and O–H groups in total. The van der Waals surface area contributed by atoms with Gasteiger partial charge in [-0.15, -0.1) is 0 Å². The smallest absolute Gasteiger partial charge is 0.137 e. The fourth-order valence-corrected chi connectivity index (χ4v) is 6.12. The number of furan rings is 1. The van der Waals surface area contributed by atoms with Crippen LogP contribution >= 0.6 is 0 Å². The average Bonchev–Trinajstić information content (AvgIpc) is 3.56. The predicted molar refractivity (Wildman–Crippen MR) is 162 cm³/mol. The molecule has 0 spiro atoms. The van der Waals surface area contributed by atoms with Crippen LogP contribution in [-0.2, 0) is 7.05 Å². The van der Waals surface area contributed by atoms with Crippen LogP contribution in [0.2, 0.25) is 0 Å². The molecule has 0 saturated carbocycles. The molecule has 0 bridgehead atoms. The van der Waals surface area contributed by atoms with Gasteiger partial charge in [0.25, 0.3) is 0 Å². The first-order chi connectivity index (χ1) is 18.8. The second-order valence-corrected chi connectivity index (χ2v) is 10.0. The van der Waals surface area contributed by atoms with Gasteiger partial charge in [-0.1, -0.05) is 47.3 Å². The Morgan fingerprint density at radius 2 is 1.10 bits per heavy atom. The van der Waals surface area contributed by atoms with E-state index >= 15 is 0 Å². The summed E-state index contributed by atoms with van der Waals surface area (Å²) < 4.78 is 10.4. The van der Waals surface area contributed by atoms with E-state index in [1.807, 2.05) is 36.4 Å². The summed E-state index contributed by atoms with van der Waals surface area (Å²) >= 11 is 0. The third-order valence-corrected chi connectivity index (χ3v) is 8.06. The van der Waals surface area contributed by atoms with Crippen LogP contribution in [0.1, 0.15) is 0 Å². The zero-order valence-electron chi connectivity index (χ0n) is 20.9.